The van der Waals surface area contributed by atoms with Gasteiger partial charge in [0.15, 0.2) is 0 Å². The average Bonchev–Trinajstić information content (AvgIpc) is 1.56. The summed E-state index contributed by atoms with van der Waals surface area (Å²) in [7, 11) is 0. The van der Waals surface area contributed by atoms with Gasteiger partial charge in [-0.1, -0.05) is 328 Å². The van der Waals surface area contributed by atoms with Crippen LogP contribution in [0, 0.1) is 0 Å². The van der Waals surface area contributed by atoms with E-state index in [4.69, 9.17) is 0 Å². The van der Waals surface area contributed by atoms with Crippen LogP contribution in [-0.2, 0) is 12.8 Å². The van der Waals surface area contributed by atoms with E-state index in [0.29, 0.717) is 0 Å². The minimum Gasteiger partial charge on any atom is -0.0622 e. The van der Waals surface area contributed by atoms with Crippen LogP contribution in [0.5, 0.6) is 0 Å². The minimum atomic E-state index is 0.158. The molecule has 17 aromatic carbocycles. The topological polar surface area (TPSA) is 0 Å². The fourth-order valence-corrected chi connectivity index (χ4v) is 17.4. The molecular formula is C104H70. The molecule has 0 nitrogen and oxygen atoms in total. The van der Waals surface area contributed by atoms with E-state index in [1.165, 1.54) is 200 Å². The van der Waals surface area contributed by atoms with Crippen LogP contribution in [0.25, 0.3) is 144 Å². The molecule has 0 heteroatoms. The predicted molar refractivity (Wildman–Crippen MR) is 436 cm³/mol. The maximum absolute atomic E-state index is 2.46. The molecule has 4 aliphatic rings. The highest BCUT2D eigenvalue weighted by Crippen LogP contribution is 2.54. The molecule has 21 rings (SSSR count). The van der Waals surface area contributed by atoms with Crippen molar-refractivity contribution >= 4 is 10.8 Å². The van der Waals surface area contributed by atoms with Crippen molar-refractivity contribution in [2.45, 2.75) is 24.7 Å². The van der Waals surface area contributed by atoms with E-state index in [2.05, 4.69) is 388 Å². The summed E-state index contributed by atoms with van der Waals surface area (Å²) in [4.78, 5) is 0. The Labute approximate surface area is 608 Å². The summed E-state index contributed by atoms with van der Waals surface area (Å²) in [5.41, 5.74) is 44.6. The number of rotatable bonds is 10. The number of hydrogen-bond acceptors (Lipinski definition) is 0. The van der Waals surface area contributed by atoms with Crippen molar-refractivity contribution in [2.75, 3.05) is 0 Å². The van der Waals surface area contributed by atoms with Crippen molar-refractivity contribution in [3.8, 4) is 134 Å². The molecule has 0 radical (unpaired) electrons. The van der Waals surface area contributed by atoms with Gasteiger partial charge < -0.3 is 0 Å². The van der Waals surface area contributed by atoms with Crippen molar-refractivity contribution in [2.24, 2.45) is 0 Å². The SMILES string of the molecule is c1ccc(-c2cc(-c3ccccc3)cc(-c3ccc(C4c5ccc(-c6ccc7c(c6)-c6ccccc6C7)cc5-c5c4ccc4ccccc54)cc3)c2)cc1.c1ccc(-c2cc(-c3ccccc3)cc(-c3ccc(C4c5ccccc5-c5cc(-c6ccc7c(c6)-c6ccccc6C7)ccc54)cc3)c2)cc1. The van der Waals surface area contributed by atoms with Crippen molar-refractivity contribution in [1.82, 2.24) is 0 Å². The molecule has 4 aliphatic carbocycles. The van der Waals surface area contributed by atoms with Gasteiger partial charge in [-0.3, -0.25) is 0 Å². The van der Waals surface area contributed by atoms with Gasteiger partial charge in [0.1, 0.15) is 0 Å². The first-order chi connectivity index (χ1) is 51.5. The molecule has 0 heterocycles. The molecule has 0 N–H and O–H groups in total. The fraction of sp³-hybridized carbons (Fsp3) is 0.0385. The van der Waals surface area contributed by atoms with Crippen LogP contribution in [0.4, 0.5) is 0 Å². The average molecular weight is 1320 g/mol. The largest absolute Gasteiger partial charge is 0.0622 e. The molecule has 0 saturated heterocycles. The molecule has 0 bridgehead atoms. The van der Waals surface area contributed by atoms with Crippen molar-refractivity contribution in [1.29, 1.82) is 0 Å². The molecule has 104 heavy (non-hydrogen) atoms. The summed E-state index contributed by atoms with van der Waals surface area (Å²) < 4.78 is 0. The lowest BCUT2D eigenvalue weighted by Gasteiger charge is -2.16. The lowest BCUT2D eigenvalue weighted by molar-refractivity contribution is 1.02. The highest BCUT2D eigenvalue weighted by molar-refractivity contribution is 6.03. The van der Waals surface area contributed by atoms with E-state index in [9.17, 15) is 0 Å². The zero-order valence-electron chi connectivity index (χ0n) is 57.5. The molecule has 0 aromatic heterocycles. The molecule has 17 aromatic rings. The molecule has 0 aliphatic heterocycles. The maximum atomic E-state index is 2.46. The summed E-state index contributed by atoms with van der Waals surface area (Å²) in [6, 6.07) is 144. The summed E-state index contributed by atoms with van der Waals surface area (Å²) in [6.07, 6.45) is 2.04. The van der Waals surface area contributed by atoms with Gasteiger partial charge in [0.2, 0.25) is 0 Å². The second kappa shape index (κ2) is 25.6. The molecule has 0 spiro atoms. The maximum Gasteiger partial charge on any atom is 0.0352 e. The van der Waals surface area contributed by atoms with Crippen molar-refractivity contribution < 1.29 is 0 Å². The normalized spacial score (nSPS) is 13.7. The lowest BCUT2D eigenvalue weighted by Crippen LogP contribution is -1.99. The van der Waals surface area contributed by atoms with E-state index < -0.39 is 0 Å². The molecule has 2 atom stereocenters. The van der Waals surface area contributed by atoms with Gasteiger partial charge in [-0.2, -0.15) is 0 Å². The molecule has 486 valence electrons. The van der Waals surface area contributed by atoms with E-state index in [0.717, 1.165) is 12.8 Å². The van der Waals surface area contributed by atoms with Gasteiger partial charge in [-0.05, 0) is 273 Å². The first-order valence-electron chi connectivity index (χ1n) is 36.6. The Bertz CT molecular complexity index is 6060. The predicted octanol–water partition coefficient (Wildman–Crippen LogP) is 27.3. The summed E-state index contributed by atoms with van der Waals surface area (Å²) in [6.45, 7) is 0. The number of benzene rings is 17. The summed E-state index contributed by atoms with van der Waals surface area (Å²) in [5.74, 6) is 0.358. The van der Waals surface area contributed by atoms with Crippen molar-refractivity contribution in [3.63, 3.8) is 0 Å². The first kappa shape index (κ1) is 60.9. The van der Waals surface area contributed by atoms with Crippen LogP contribution >= 0.6 is 0 Å². The van der Waals surface area contributed by atoms with Gasteiger partial charge in [-0.15, -0.1) is 0 Å². The first-order valence-corrected chi connectivity index (χ1v) is 36.6. The van der Waals surface area contributed by atoms with Crippen LogP contribution in [0.1, 0.15) is 67.5 Å². The smallest absolute Gasteiger partial charge is 0.0352 e. The fourth-order valence-electron chi connectivity index (χ4n) is 17.4. The summed E-state index contributed by atoms with van der Waals surface area (Å²) >= 11 is 0. The van der Waals surface area contributed by atoms with Gasteiger partial charge in [0.25, 0.3) is 0 Å². The quantitative estimate of drug-likeness (QED) is 0.128. The highest BCUT2D eigenvalue weighted by Gasteiger charge is 2.34. The van der Waals surface area contributed by atoms with Crippen LogP contribution in [0.2, 0.25) is 0 Å². The van der Waals surface area contributed by atoms with Gasteiger partial charge in [-0.25, -0.2) is 0 Å². The van der Waals surface area contributed by atoms with Crippen LogP contribution in [0.3, 0.4) is 0 Å². The van der Waals surface area contributed by atoms with Crippen LogP contribution < -0.4 is 0 Å². The highest BCUT2D eigenvalue weighted by atomic mass is 14.4. The monoisotopic (exact) mass is 1320 g/mol. The standard InChI is InChI=1S/C54H36.C50H34/c1-3-11-35(12-4-1)44-30-45(36-13-5-2-6-14-36)32-46(31-44)37-19-21-39(22-20-37)53-49-27-26-41(34-52(49)54-48-18-10-7-15-38(48)25-28-50(53)54)40-23-24-43-29-42-16-8-9-17-47(42)51(43)33-40;1-3-11-33(12-4-1)41-28-42(34-13-5-2-6-14-34)30-43(29-41)35-19-21-36(22-20-35)50-46-18-10-9-17-45(46)49-32-38(25-26-47(49)50)37-23-24-40-27-39-15-7-8-16-44(39)48(40)31-37/h1-28,30-34,53H,29H2;1-26,28-32,50H,27H2. The molecular weight excluding hydrogens is 1250 g/mol. The van der Waals surface area contributed by atoms with Gasteiger partial charge in [0, 0.05) is 11.8 Å². The molecule has 0 amide bonds. The minimum absolute atomic E-state index is 0.158. The molecule has 0 saturated carbocycles. The Morgan fingerprint density at radius 2 is 0.471 bits per heavy atom. The second-order valence-corrected chi connectivity index (χ2v) is 28.5. The van der Waals surface area contributed by atoms with E-state index in [1.807, 2.05) is 0 Å². The van der Waals surface area contributed by atoms with Gasteiger partial charge in [0.05, 0.1) is 0 Å². The van der Waals surface area contributed by atoms with E-state index in [-0.39, 0.29) is 11.8 Å². The Balaban J connectivity index is 0.000000139. The zero-order chi connectivity index (χ0) is 68.6. The third-order valence-corrected chi connectivity index (χ3v) is 22.5. The second-order valence-electron chi connectivity index (χ2n) is 28.5. The third-order valence-electron chi connectivity index (χ3n) is 22.5. The Kier molecular flexibility index (Phi) is 15.0. The van der Waals surface area contributed by atoms with E-state index in [1.54, 1.807) is 0 Å². The van der Waals surface area contributed by atoms with Crippen molar-refractivity contribution in [3.05, 3.63) is 444 Å². The molecule has 2 unspecified atom stereocenters. The summed E-state index contributed by atoms with van der Waals surface area (Å²) in [5, 5.41) is 2.60. The Hall–Kier alpha value is -13.0. The zero-order valence-corrected chi connectivity index (χ0v) is 57.5. The number of hydrogen-bond donors (Lipinski definition) is 0. The van der Waals surface area contributed by atoms with Gasteiger partial charge >= 0.3 is 0 Å². The lowest BCUT2D eigenvalue weighted by atomic mass is 9.87. The molecule has 0 fully saturated rings. The number of fused-ring (bicyclic) bond motifs is 14. The van der Waals surface area contributed by atoms with E-state index >= 15 is 0 Å². The van der Waals surface area contributed by atoms with Crippen LogP contribution in [0.15, 0.2) is 388 Å². The third kappa shape index (κ3) is 10.9. The Morgan fingerprint density at radius 3 is 0.933 bits per heavy atom. The Morgan fingerprint density at radius 1 is 0.163 bits per heavy atom. The van der Waals surface area contributed by atoms with Crippen LogP contribution in [-0.4, -0.2) is 0 Å².